The van der Waals surface area contributed by atoms with Gasteiger partial charge < -0.3 is 10.1 Å². The monoisotopic (exact) mass is 373 g/mol. The van der Waals surface area contributed by atoms with E-state index in [1.807, 2.05) is 6.07 Å². The highest BCUT2D eigenvalue weighted by atomic mass is 32.2. The third-order valence-electron chi connectivity index (χ3n) is 3.58. The number of hydrogen-bond acceptors (Lipinski definition) is 5. The molecule has 0 aliphatic carbocycles. The molecule has 26 heavy (non-hydrogen) atoms. The molecule has 136 valence electrons. The van der Waals surface area contributed by atoms with Gasteiger partial charge in [-0.15, -0.1) is 0 Å². The SMILES string of the molecule is COc1ccc(NC(=O)CCN(c2cccc(C#N)c2)S(C)(=O)=O)cc1. The molecule has 7 nitrogen and oxygen atoms in total. The predicted octanol–water partition coefficient (Wildman–Crippen LogP) is 2.36. The number of nitrogens with zero attached hydrogens (tertiary/aromatic N) is 2. The molecule has 0 aromatic heterocycles. The summed E-state index contributed by atoms with van der Waals surface area (Å²) in [5.74, 6) is 0.351. The number of carbonyl (C=O) groups is 1. The fraction of sp³-hybridized carbons (Fsp3) is 0.222. The molecule has 0 heterocycles. The van der Waals surface area contributed by atoms with Crippen molar-refractivity contribution >= 4 is 27.3 Å². The van der Waals surface area contributed by atoms with Gasteiger partial charge in [0.05, 0.1) is 30.7 Å². The van der Waals surface area contributed by atoms with Gasteiger partial charge >= 0.3 is 0 Å². The highest BCUT2D eigenvalue weighted by molar-refractivity contribution is 7.92. The van der Waals surface area contributed by atoms with Crippen LogP contribution in [0.2, 0.25) is 0 Å². The van der Waals surface area contributed by atoms with Crippen LogP contribution in [0.5, 0.6) is 5.75 Å². The molecule has 2 aromatic carbocycles. The van der Waals surface area contributed by atoms with Gasteiger partial charge in [0, 0.05) is 18.7 Å². The highest BCUT2D eigenvalue weighted by Gasteiger charge is 2.19. The van der Waals surface area contributed by atoms with Gasteiger partial charge in [-0.25, -0.2) is 8.42 Å². The van der Waals surface area contributed by atoms with Crippen LogP contribution >= 0.6 is 0 Å². The van der Waals surface area contributed by atoms with Crippen LogP contribution in [0.4, 0.5) is 11.4 Å². The third-order valence-corrected chi connectivity index (χ3v) is 4.77. The van der Waals surface area contributed by atoms with Crippen molar-refractivity contribution in [1.29, 1.82) is 5.26 Å². The fourth-order valence-corrected chi connectivity index (χ4v) is 3.24. The molecule has 0 spiro atoms. The number of hydrogen-bond donors (Lipinski definition) is 1. The van der Waals surface area contributed by atoms with Crippen LogP contribution in [0.25, 0.3) is 0 Å². The fourth-order valence-electron chi connectivity index (χ4n) is 2.32. The van der Waals surface area contributed by atoms with Crippen molar-refractivity contribution in [2.45, 2.75) is 6.42 Å². The normalized spacial score (nSPS) is 10.7. The minimum Gasteiger partial charge on any atom is -0.497 e. The summed E-state index contributed by atoms with van der Waals surface area (Å²) in [4.78, 5) is 12.1. The Kier molecular flexibility index (Phi) is 6.20. The number of nitrogens with one attached hydrogen (secondary N) is 1. The van der Waals surface area contributed by atoms with E-state index in [2.05, 4.69) is 5.32 Å². The number of anilines is 2. The molecule has 0 aliphatic rings. The van der Waals surface area contributed by atoms with Crippen LogP contribution in [0.15, 0.2) is 48.5 Å². The van der Waals surface area contributed by atoms with Gasteiger partial charge in [-0.3, -0.25) is 9.10 Å². The van der Waals surface area contributed by atoms with Crippen molar-refractivity contribution in [1.82, 2.24) is 0 Å². The summed E-state index contributed by atoms with van der Waals surface area (Å²) >= 11 is 0. The summed E-state index contributed by atoms with van der Waals surface area (Å²) in [5, 5.41) is 11.7. The number of benzene rings is 2. The Labute approximate surface area is 152 Å². The summed E-state index contributed by atoms with van der Waals surface area (Å²) in [5.41, 5.74) is 1.29. The Bertz CT molecular complexity index is 918. The molecule has 1 amide bonds. The van der Waals surface area contributed by atoms with E-state index in [1.165, 1.54) is 6.07 Å². The van der Waals surface area contributed by atoms with Gasteiger partial charge in [0.1, 0.15) is 5.75 Å². The van der Waals surface area contributed by atoms with E-state index >= 15 is 0 Å². The number of nitriles is 1. The molecule has 0 atom stereocenters. The molecule has 0 aliphatic heterocycles. The van der Waals surface area contributed by atoms with E-state index in [0.717, 1.165) is 10.6 Å². The van der Waals surface area contributed by atoms with Gasteiger partial charge in [0.25, 0.3) is 0 Å². The molecule has 2 rings (SSSR count). The third kappa shape index (κ3) is 5.22. The van der Waals surface area contributed by atoms with Crippen LogP contribution in [-0.2, 0) is 14.8 Å². The Morgan fingerprint density at radius 1 is 1.23 bits per heavy atom. The van der Waals surface area contributed by atoms with Gasteiger partial charge in [0.2, 0.25) is 15.9 Å². The van der Waals surface area contributed by atoms with Crippen LogP contribution in [0.3, 0.4) is 0 Å². The van der Waals surface area contributed by atoms with Crippen molar-refractivity contribution in [2.75, 3.05) is 29.5 Å². The smallest absolute Gasteiger partial charge is 0.232 e. The first-order chi connectivity index (χ1) is 12.3. The lowest BCUT2D eigenvalue weighted by molar-refractivity contribution is -0.116. The molecule has 2 aromatic rings. The molecule has 0 unspecified atom stereocenters. The molecule has 0 saturated heterocycles. The number of ether oxygens (including phenoxy) is 1. The second kappa shape index (κ2) is 8.36. The van der Waals surface area contributed by atoms with Gasteiger partial charge in [0.15, 0.2) is 0 Å². The minimum absolute atomic E-state index is 0.0319. The van der Waals surface area contributed by atoms with Gasteiger partial charge in [-0.1, -0.05) is 6.07 Å². The van der Waals surface area contributed by atoms with Crippen molar-refractivity contribution in [3.8, 4) is 11.8 Å². The molecule has 0 radical (unpaired) electrons. The number of amides is 1. The van der Waals surface area contributed by atoms with E-state index < -0.39 is 10.0 Å². The molecule has 8 heteroatoms. The highest BCUT2D eigenvalue weighted by Crippen LogP contribution is 2.20. The molecule has 0 fully saturated rings. The molecular formula is C18H19N3O4S. The number of sulfonamides is 1. The average molecular weight is 373 g/mol. The largest absolute Gasteiger partial charge is 0.497 e. The van der Waals surface area contributed by atoms with E-state index in [1.54, 1.807) is 49.6 Å². The van der Waals surface area contributed by atoms with E-state index in [9.17, 15) is 13.2 Å². The van der Waals surface area contributed by atoms with Crippen LogP contribution in [-0.4, -0.2) is 34.2 Å². The second-order valence-corrected chi connectivity index (χ2v) is 7.43. The van der Waals surface area contributed by atoms with E-state index in [-0.39, 0.29) is 18.9 Å². The lowest BCUT2D eigenvalue weighted by Gasteiger charge is -2.22. The summed E-state index contributed by atoms with van der Waals surface area (Å²) in [6, 6.07) is 15.0. The first kappa shape index (κ1) is 19.3. The summed E-state index contributed by atoms with van der Waals surface area (Å²) in [6.45, 7) is -0.0320. The average Bonchev–Trinajstić information content (AvgIpc) is 2.61. The van der Waals surface area contributed by atoms with E-state index in [0.29, 0.717) is 22.7 Å². The Hall–Kier alpha value is -3.05. The molecule has 0 saturated carbocycles. The second-order valence-electron chi connectivity index (χ2n) is 5.52. The quantitative estimate of drug-likeness (QED) is 0.803. The van der Waals surface area contributed by atoms with E-state index in [4.69, 9.17) is 10.00 Å². The van der Waals surface area contributed by atoms with Gasteiger partial charge in [-0.05, 0) is 42.5 Å². The zero-order valence-corrected chi connectivity index (χ0v) is 15.3. The first-order valence-corrected chi connectivity index (χ1v) is 9.60. The minimum atomic E-state index is -3.59. The zero-order valence-electron chi connectivity index (χ0n) is 14.5. The molecule has 0 bridgehead atoms. The summed E-state index contributed by atoms with van der Waals surface area (Å²) in [6.07, 6.45) is 1.03. The topological polar surface area (TPSA) is 99.5 Å². The van der Waals surface area contributed by atoms with Crippen molar-refractivity contribution < 1.29 is 17.9 Å². The number of carbonyl (C=O) groups excluding carboxylic acids is 1. The van der Waals surface area contributed by atoms with Crippen molar-refractivity contribution in [2.24, 2.45) is 0 Å². The van der Waals surface area contributed by atoms with Gasteiger partial charge in [-0.2, -0.15) is 5.26 Å². The molecular weight excluding hydrogens is 354 g/mol. The van der Waals surface area contributed by atoms with Crippen LogP contribution in [0, 0.1) is 11.3 Å². The lowest BCUT2D eigenvalue weighted by Crippen LogP contribution is -2.33. The maximum absolute atomic E-state index is 12.1. The number of methoxy groups -OCH3 is 1. The molecule has 1 N–H and O–H groups in total. The predicted molar refractivity (Wildman–Crippen MR) is 99.6 cm³/mol. The number of rotatable bonds is 7. The lowest BCUT2D eigenvalue weighted by atomic mass is 10.2. The standard InChI is InChI=1S/C18H19N3O4S/c1-25-17-8-6-15(7-9-17)20-18(22)10-11-21(26(2,23)24)16-5-3-4-14(12-16)13-19/h3-9,12H,10-11H2,1-2H3,(H,20,22). The van der Waals surface area contributed by atoms with Crippen LogP contribution < -0.4 is 14.4 Å². The Balaban J connectivity index is 2.07. The van der Waals surface area contributed by atoms with Crippen molar-refractivity contribution in [3.63, 3.8) is 0 Å². The maximum Gasteiger partial charge on any atom is 0.232 e. The summed E-state index contributed by atoms with van der Waals surface area (Å²) < 4.78 is 30.3. The summed E-state index contributed by atoms with van der Waals surface area (Å²) in [7, 11) is -2.04. The maximum atomic E-state index is 12.1. The van der Waals surface area contributed by atoms with Crippen LogP contribution in [0.1, 0.15) is 12.0 Å². The Morgan fingerprint density at radius 3 is 2.50 bits per heavy atom. The zero-order chi connectivity index (χ0) is 19.2. The van der Waals surface area contributed by atoms with Crippen molar-refractivity contribution in [3.05, 3.63) is 54.1 Å². The Morgan fingerprint density at radius 2 is 1.92 bits per heavy atom. The first-order valence-electron chi connectivity index (χ1n) is 7.75.